The second-order valence-electron chi connectivity index (χ2n) is 6.75. The molecule has 1 fully saturated rings. The minimum Gasteiger partial charge on any atom is -0.493 e. The second-order valence-corrected chi connectivity index (χ2v) is 6.75. The first-order valence-electron chi connectivity index (χ1n) is 9.27. The number of nitrogens with one attached hydrogen (secondary N) is 2. The lowest BCUT2D eigenvalue weighted by Gasteiger charge is -2.29. The molecule has 2 aromatic carbocycles. The van der Waals surface area contributed by atoms with E-state index >= 15 is 0 Å². The first-order chi connectivity index (χ1) is 12.7. The van der Waals surface area contributed by atoms with Crippen molar-refractivity contribution in [3.8, 4) is 17.2 Å². The summed E-state index contributed by atoms with van der Waals surface area (Å²) < 4.78 is 16.3. The van der Waals surface area contributed by atoms with Gasteiger partial charge >= 0.3 is 0 Å². The Morgan fingerprint density at radius 3 is 1.96 bits per heavy atom. The molecule has 1 aliphatic heterocycles. The molecule has 2 N–H and O–H groups in total. The van der Waals surface area contributed by atoms with Crippen LogP contribution < -0.4 is 24.0 Å². The second kappa shape index (κ2) is 8.92. The highest BCUT2D eigenvalue weighted by Gasteiger charge is 2.24. The van der Waals surface area contributed by atoms with Gasteiger partial charge in [-0.25, -0.2) is 0 Å². The van der Waals surface area contributed by atoms with Crippen LogP contribution in [0.5, 0.6) is 17.2 Å². The molecule has 0 aliphatic carbocycles. The number of para-hydroxylation sites is 1. The van der Waals surface area contributed by atoms with E-state index in [-0.39, 0.29) is 0 Å². The van der Waals surface area contributed by atoms with Gasteiger partial charge in [-0.05, 0) is 29.8 Å². The maximum absolute atomic E-state index is 5.46. The van der Waals surface area contributed by atoms with Gasteiger partial charge in [-0.1, -0.05) is 18.2 Å². The molecule has 0 aromatic heterocycles. The molecule has 0 saturated carbocycles. The van der Waals surface area contributed by atoms with Crippen LogP contribution in [0.15, 0.2) is 42.5 Å². The number of benzene rings is 2. The summed E-state index contributed by atoms with van der Waals surface area (Å²) in [6, 6.07) is 14.9. The van der Waals surface area contributed by atoms with E-state index in [0.717, 1.165) is 24.5 Å². The third-order valence-electron chi connectivity index (χ3n) is 5.23. The smallest absolute Gasteiger partial charge is 0.203 e. The molecule has 0 unspecified atom stereocenters. The van der Waals surface area contributed by atoms with Crippen LogP contribution in [-0.4, -0.2) is 54.1 Å². The number of quaternary nitrogens is 2. The molecule has 1 aliphatic rings. The van der Waals surface area contributed by atoms with Gasteiger partial charge in [0.15, 0.2) is 11.5 Å². The minimum atomic E-state index is 0.658. The Kier molecular flexibility index (Phi) is 6.36. The fourth-order valence-corrected chi connectivity index (χ4v) is 3.72. The summed E-state index contributed by atoms with van der Waals surface area (Å²) in [7, 11) is 4.97. The molecule has 3 rings (SSSR count). The molecule has 26 heavy (non-hydrogen) atoms. The van der Waals surface area contributed by atoms with Crippen molar-refractivity contribution in [2.75, 3.05) is 54.1 Å². The van der Waals surface area contributed by atoms with Crippen LogP contribution in [0.4, 0.5) is 5.69 Å². The molecule has 0 atom stereocenters. The van der Waals surface area contributed by atoms with Crippen LogP contribution >= 0.6 is 0 Å². The molecule has 140 valence electrons. The molecule has 1 saturated heterocycles. The van der Waals surface area contributed by atoms with Crippen LogP contribution in [-0.2, 0) is 6.42 Å². The van der Waals surface area contributed by atoms with Crippen molar-refractivity contribution in [1.82, 2.24) is 0 Å². The zero-order valence-corrected chi connectivity index (χ0v) is 16.0. The van der Waals surface area contributed by atoms with Gasteiger partial charge in [0.2, 0.25) is 5.75 Å². The van der Waals surface area contributed by atoms with Crippen molar-refractivity contribution in [3.05, 3.63) is 48.0 Å². The fourth-order valence-electron chi connectivity index (χ4n) is 3.72. The van der Waals surface area contributed by atoms with Gasteiger partial charge in [0, 0.05) is 6.42 Å². The van der Waals surface area contributed by atoms with Crippen LogP contribution in [0.2, 0.25) is 0 Å². The average Bonchev–Trinajstić information content (AvgIpc) is 2.72. The Labute approximate surface area is 156 Å². The summed E-state index contributed by atoms with van der Waals surface area (Å²) in [6.07, 6.45) is 1.01. The average molecular weight is 358 g/mol. The van der Waals surface area contributed by atoms with E-state index < -0.39 is 0 Å². The van der Waals surface area contributed by atoms with Gasteiger partial charge in [0.05, 0.1) is 27.9 Å². The lowest BCUT2D eigenvalue weighted by molar-refractivity contribution is -0.986. The Morgan fingerprint density at radius 1 is 0.808 bits per heavy atom. The van der Waals surface area contributed by atoms with Gasteiger partial charge < -0.3 is 19.1 Å². The summed E-state index contributed by atoms with van der Waals surface area (Å²) in [6.45, 7) is 5.91. The Hall–Kier alpha value is -2.24. The third kappa shape index (κ3) is 4.29. The van der Waals surface area contributed by atoms with E-state index in [1.807, 2.05) is 0 Å². The molecule has 0 bridgehead atoms. The first kappa shape index (κ1) is 18.5. The van der Waals surface area contributed by atoms with Crippen LogP contribution in [0.1, 0.15) is 5.56 Å². The van der Waals surface area contributed by atoms with Crippen molar-refractivity contribution < 1.29 is 24.0 Å². The Bertz CT molecular complexity index is 673. The van der Waals surface area contributed by atoms with Crippen LogP contribution in [0.25, 0.3) is 0 Å². The zero-order valence-electron chi connectivity index (χ0n) is 16.0. The predicted molar refractivity (Wildman–Crippen MR) is 102 cm³/mol. The summed E-state index contributed by atoms with van der Waals surface area (Å²) >= 11 is 0. The SMILES string of the molecule is COc1cc(CC[NH+]2CC[NH+](c3ccccc3)CC2)cc(OC)c1OC. The number of methoxy groups -OCH3 is 3. The monoisotopic (exact) mass is 358 g/mol. The lowest BCUT2D eigenvalue weighted by atomic mass is 10.1. The summed E-state index contributed by atoms with van der Waals surface area (Å²) in [4.78, 5) is 3.26. The van der Waals surface area contributed by atoms with E-state index in [2.05, 4.69) is 42.5 Å². The maximum atomic E-state index is 5.46. The first-order valence-corrected chi connectivity index (χ1v) is 9.27. The molecular weight excluding hydrogens is 328 g/mol. The highest BCUT2D eigenvalue weighted by atomic mass is 16.5. The number of hydrogen-bond donors (Lipinski definition) is 2. The van der Waals surface area contributed by atoms with Crippen molar-refractivity contribution >= 4 is 5.69 Å². The quantitative estimate of drug-likeness (QED) is 0.751. The molecule has 0 spiro atoms. The van der Waals surface area contributed by atoms with E-state index in [1.54, 1.807) is 31.1 Å². The maximum Gasteiger partial charge on any atom is 0.203 e. The lowest BCUT2D eigenvalue weighted by Crippen LogP contribution is -3.26. The van der Waals surface area contributed by atoms with Gasteiger partial charge in [-0.15, -0.1) is 0 Å². The van der Waals surface area contributed by atoms with Gasteiger partial charge in [0.25, 0.3) is 0 Å². The predicted octanol–water partition coefficient (Wildman–Crippen LogP) is 0.370. The highest BCUT2D eigenvalue weighted by molar-refractivity contribution is 5.53. The molecular formula is C21H30N2O3+2. The summed E-state index contributed by atoms with van der Waals surface area (Å²) in [5.74, 6) is 2.12. The van der Waals surface area contributed by atoms with Gasteiger partial charge in [-0.2, -0.15) is 0 Å². The molecule has 0 radical (unpaired) electrons. The summed E-state index contributed by atoms with van der Waals surface area (Å²) in [5.41, 5.74) is 2.64. The molecule has 1 heterocycles. The van der Waals surface area contributed by atoms with Crippen molar-refractivity contribution in [2.24, 2.45) is 0 Å². The normalized spacial score (nSPS) is 19.8. The number of rotatable bonds is 7. The zero-order chi connectivity index (χ0) is 18.4. The fraction of sp³-hybridized carbons (Fsp3) is 0.429. The highest BCUT2D eigenvalue weighted by Crippen LogP contribution is 2.38. The van der Waals surface area contributed by atoms with Crippen LogP contribution in [0, 0.1) is 0 Å². The van der Waals surface area contributed by atoms with Gasteiger partial charge in [-0.3, -0.25) is 4.90 Å². The third-order valence-corrected chi connectivity index (χ3v) is 5.23. The standard InChI is InChI=1S/C21H28N2O3/c1-24-19-15-17(16-20(25-2)21(19)26-3)9-10-22-11-13-23(14-12-22)18-7-5-4-6-8-18/h4-8,15-16H,9-14H2,1-3H3/p+2. The molecule has 0 amide bonds. The van der Waals surface area contributed by atoms with E-state index in [4.69, 9.17) is 14.2 Å². The molecule has 5 heteroatoms. The van der Waals surface area contributed by atoms with Gasteiger partial charge in [0.1, 0.15) is 31.9 Å². The van der Waals surface area contributed by atoms with E-state index in [1.165, 1.54) is 37.4 Å². The van der Waals surface area contributed by atoms with Crippen LogP contribution in [0.3, 0.4) is 0 Å². The van der Waals surface area contributed by atoms with Crippen molar-refractivity contribution in [2.45, 2.75) is 6.42 Å². The number of ether oxygens (including phenoxy) is 3. The summed E-state index contributed by atoms with van der Waals surface area (Å²) in [5, 5.41) is 0. The molecule has 2 aromatic rings. The van der Waals surface area contributed by atoms with E-state index in [0.29, 0.717) is 5.75 Å². The van der Waals surface area contributed by atoms with E-state index in [9.17, 15) is 0 Å². The van der Waals surface area contributed by atoms with Crippen molar-refractivity contribution in [1.29, 1.82) is 0 Å². The van der Waals surface area contributed by atoms with Crippen molar-refractivity contribution in [3.63, 3.8) is 0 Å². The Morgan fingerprint density at radius 2 is 1.42 bits per heavy atom. The Balaban J connectivity index is 1.57. The largest absolute Gasteiger partial charge is 0.493 e. The minimum absolute atomic E-state index is 0.658. The number of piperazine rings is 1. The topological polar surface area (TPSA) is 36.6 Å². The molecule has 5 nitrogen and oxygen atoms in total. The number of hydrogen-bond acceptors (Lipinski definition) is 3.